The van der Waals surface area contributed by atoms with Crippen LogP contribution < -0.4 is 0 Å². The number of nitrogens with zero attached hydrogens (tertiary/aromatic N) is 3. The number of rotatable bonds is 2. The fourth-order valence-corrected chi connectivity index (χ4v) is 2.08. The van der Waals surface area contributed by atoms with E-state index in [0.717, 1.165) is 11.1 Å². The second-order valence-electron chi connectivity index (χ2n) is 4.28. The Morgan fingerprint density at radius 1 is 1.15 bits per heavy atom. The van der Waals surface area contributed by atoms with Crippen molar-refractivity contribution in [2.45, 2.75) is 0 Å². The molecule has 0 radical (unpaired) electrons. The highest BCUT2D eigenvalue weighted by molar-refractivity contribution is 5.87. The Morgan fingerprint density at radius 3 is 2.55 bits per heavy atom. The lowest BCUT2D eigenvalue weighted by molar-refractivity contribution is 0.0690. The maximum atomic E-state index is 11.0. The molecule has 2 heterocycles. The molecule has 0 aliphatic heterocycles. The first-order valence-electron chi connectivity index (χ1n) is 5.91. The number of carbonyl (C=O) groups is 1. The average molecular weight is 263 g/mol. The van der Waals surface area contributed by atoms with Gasteiger partial charge >= 0.3 is 5.97 Å². The number of benzene rings is 1. The van der Waals surface area contributed by atoms with Gasteiger partial charge in [-0.2, -0.15) is 10.4 Å². The lowest BCUT2D eigenvalue weighted by Crippen LogP contribution is -1.99. The van der Waals surface area contributed by atoms with Gasteiger partial charge in [-0.1, -0.05) is 30.3 Å². The van der Waals surface area contributed by atoms with Crippen molar-refractivity contribution >= 4 is 11.5 Å². The predicted molar refractivity (Wildman–Crippen MR) is 72.3 cm³/mol. The number of carboxylic acid groups (broad SMARTS) is 1. The smallest absolute Gasteiger partial charge is 0.356 e. The zero-order valence-electron chi connectivity index (χ0n) is 10.3. The van der Waals surface area contributed by atoms with E-state index in [-0.39, 0.29) is 5.69 Å². The van der Waals surface area contributed by atoms with Crippen molar-refractivity contribution in [3.63, 3.8) is 0 Å². The van der Waals surface area contributed by atoms with Gasteiger partial charge in [-0.3, -0.25) is 0 Å². The van der Waals surface area contributed by atoms with Crippen LogP contribution in [0.25, 0.3) is 16.6 Å². The second-order valence-corrected chi connectivity index (χ2v) is 4.28. The Morgan fingerprint density at radius 2 is 1.90 bits per heavy atom. The Hall–Kier alpha value is -3.13. The molecule has 3 rings (SSSR count). The molecule has 1 N–H and O–H groups in total. The molecule has 0 spiro atoms. The van der Waals surface area contributed by atoms with Gasteiger partial charge in [0.25, 0.3) is 0 Å². The molecule has 0 aliphatic carbocycles. The summed E-state index contributed by atoms with van der Waals surface area (Å²) in [5.41, 5.74) is 2.62. The zero-order valence-corrected chi connectivity index (χ0v) is 10.3. The molecule has 0 aliphatic rings. The van der Waals surface area contributed by atoms with Gasteiger partial charge in [0, 0.05) is 0 Å². The van der Waals surface area contributed by atoms with Crippen LogP contribution in [0, 0.1) is 11.3 Å². The summed E-state index contributed by atoms with van der Waals surface area (Å²) in [5, 5.41) is 22.1. The van der Waals surface area contributed by atoms with E-state index in [1.54, 1.807) is 6.07 Å². The molecule has 5 nitrogen and oxygen atoms in total. The number of aromatic nitrogens is 2. The molecule has 3 aromatic rings. The number of aromatic carboxylic acids is 1. The molecule has 0 atom stereocenters. The van der Waals surface area contributed by atoms with E-state index in [1.807, 2.05) is 42.5 Å². The third-order valence-corrected chi connectivity index (χ3v) is 3.00. The van der Waals surface area contributed by atoms with Crippen LogP contribution in [0.5, 0.6) is 0 Å². The van der Waals surface area contributed by atoms with Crippen LogP contribution in [-0.2, 0) is 0 Å². The summed E-state index contributed by atoms with van der Waals surface area (Å²) >= 11 is 0. The third-order valence-electron chi connectivity index (χ3n) is 3.00. The number of pyridine rings is 1. The highest BCUT2D eigenvalue weighted by Crippen LogP contribution is 2.23. The van der Waals surface area contributed by atoms with Crippen LogP contribution in [0.1, 0.15) is 16.2 Å². The van der Waals surface area contributed by atoms with Crippen LogP contribution in [0.15, 0.2) is 48.5 Å². The minimum absolute atomic E-state index is 0.0771. The van der Waals surface area contributed by atoms with Gasteiger partial charge in [-0.15, -0.1) is 0 Å². The molecule has 0 saturated heterocycles. The van der Waals surface area contributed by atoms with E-state index in [0.29, 0.717) is 11.2 Å². The average Bonchev–Trinajstić information content (AvgIpc) is 2.91. The molecule has 0 saturated carbocycles. The van der Waals surface area contributed by atoms with Gasteiger partial charge in [0.2, 0.25) is 0 Å². The van der Waals surface area contributed by atoms with Crippen LogP contribution >= 0.6 is 0 Å². The van der Waals surface area contributed by atoms with Crippen molar-refractivity contribution in [3.8, 4) is 17.2 Å². The molecule has 0 fully saturated rings. The summed E-state index contributed by atoms with van der Waals surface area (Å²) in [6, 6.07) is 16.6. The van der Waals surface area contributed by atoms with E-state index >= 15 is 0 Å². The van der Waals surface area contributed by atoms with Gasteiger partial charge in [0.15, 0.2) is 5.69 Å². The maximum absolute atomic E-state index is 11.0. The molecule has 5 heteroatoms. The molecule has 0 unspecified atom stereocenters. The lowest BCUT2D eigenvalue weighted by atomic mass is 10.1. The first-order valence-corrected chi connectivity index (χ1v) is 5.91. The van der Waals surface area contributed by atoms with Gasteiger partial charge in [-0.25, -0.2) is 9.31 Å². The summed E-state index contributed by atoms with van der Waals surface area (Å²) in [6.45, 7) is 0. The van der Waals surface area contributed by atoms with Crippen molar-refractivity contribution in [3.05, 3.63) is 59.9 Å². The van der Waals surface area contributed by atoms with Gasteiger partial charge in [0.05, 0.1) is 5.52 Å². The SMILES string of the molecule is N#Cc1cc(-c2ccccc2)cc2cc(C(=O)O)nn12. The normalized spacial score (nSPS) is 10.3. The summed E-state index contributed by atoms with van der Waals surface area (Å²) in [7, 11) is 0. The molecule has 96 valence electrons. The largest absolute Gasteiger partial charge is 0.476 e. The lowest BCUT2D eigenvalue weighted by Gasteiger charge is -2.04. The van der Waals surface area contributed by atoms with Crippen LogP contribution in [0.3, 0.4) is 0 Å². The number of nitriles is 1. The molecule has 0 amide bonds. The van der Waals surface area contributed by atoms with Crippen molar-refractivity contribution in [2.75, 3.05) is 0 Å². The predicted octanol–water partition coefficient (Wildman–Crippen LogP) is 2.57. The molecular weight excluding hydrogens is 254 g/mol. The van der Waals surface area contributed by atoms with E-state index in [4.69, 9.17) is 5.11 Å². The number of carboxylic acids is 1. The summed E-state index contributed by atoms with van der Waals surface area (Å²) in [4.78, 5) is 11.0. The quantitative estimate of drug-likeness (QED) is 0.770. The third kappa shape index (κ3) is 1.89. The van der Waals surface area contributed by atoms with Crippen LogP contribution in [0.4, 0.5) is 0 Å². The molecule has 2 aromatic heterocycles. The minimum Gasteiger partial charge on any atom is -0.476 e. The fourth-order valence-electron chi connectivity index (χ4n) is 2.08. The fraction of sp³-hybridized carbons (Fsp3) is 0. The summed E-state index contributed by atoms with van der Waals surface area (Å²) < 4.78 is 1.34. The van der Waals surface area contributed by atoms with E-state index < -0.39 is 5.97 Å². The highest BCUT2D eigenvalue weighted by Gasteiger charge is 2.12. The Balaban J connectivity index is 2.27. The Bertz CT molecular complexity index is 845. The molecule has 20 heavy (non-hydrogen) atoms. The van der Waals surface area contributed by atoms with Crippen molar-refractivity contribution < 1.29 is 9.90 Å². The van der Waals surface area contributed by atoms with Crippen molar-refractivity contribution in [1.29, 1.82) is 5.26 Å². The minimum atomic E-state index is -1.11. The number of hydrogen-bond donors (Lipinski definition) is 1. The number of hydrogen-bond acceptors (Lipinski definition) is 3. The topological polar surface area (TPSA) is 78.4 Å². The van der Waals surface area contributed by atoms with Crippen molar-refractivity contribution in [2.24, 2.45) is 0 Å². The maximum Gasteiger partial charge on any atom is 0.356 e. The van der Waals surface area contributed by atoms with E-state index in [2.05, 4.69) is 5.10 Å². The molecule has 1 aromatic carbocycles. The highest BCUT2D eigenvalue weighted by atomic mass is 16.4. The standard InChI is InChI=1S/C15H9N3O2/c16-9-13-7-11(10-4-2-1-3-5-10)6-12-8-14(15(19)20)17-18(12)13/h1-8H,(H,19,20). The van der Waals surface area contributed by atoms with E-state index in [1.165, 1.54) is 10.6 Å². The van der Waals surface area contributed by atoms with Crippen molar-refractivity contribution in [1.82, 2.24) is 9.61 Å². The Labute approximate surface area is 114 Å². The van der Waals surface area contributed by atoms with Gasteiger partial charge in [-0.05, 0) is 29.3 Å². The molecule has 0 bridgehead atoms. The summed E-state index contributed by atoms with van der Waals surface area (Å²) in [5.74, 6) is -1.11. The first-order chi connectivity index (χ1) is 9.69. The second kappa shape index (κ2) is 4.52. The summed E-state index contributed by atoms with van der Waals surface area (Å²) in [6.07, 6.45) is 0. The molecular formula is C15H9N3O2. The Kier molecular flexibility index (Phi) is 2.70. The van der Waals surface area contributed by atoms with Crippen LogP contribution in [0.2, 0.25) is 0 Å². The number of fused-ring (bicyclic) bond motifs is 1. The van der Waals surface area contributed by atoms with Gasteiger partial charge in [0.1, 0.15) is 11.8 Å². The van der Waals surface area contributed by atoms with Gasteiger partial charge < -0.3 is 5.11 Å². The zero-order chi connectivity index (χ0) is 14.1. The first kappa shape index (κ1) is 11.9. The monoisotopic (exact) mass is 263 g/mol. The van der Waals surface area contributed by atoms with Crippen LogP contribution in [-0.4, -0.2) is 20.7 Å². The van der Waals surface area contributed by atoms with E-state index in [9.17, 15) is 10.1 Å².